The molecule has 0 fully saturated rings. The lowest BCUT2D eigenvalue weighted by atomic mass is 10.2. The smallest absolute Gasteiger partial charge is 0.258 e. The number of hydrogen-bond acceptors (Lipinski definition) is 1. The fourth-order valence-corrected chi connectivity index (χ4v) is 1.44. The summed E-state index contributed by atoms with van der Waals surface area (Å²) in [5.41, 5.74) is -0.261. The van der Waals surface area contributed by atoms with Gasteiger partial charge in [-0.2, -0.15) is 0 Å². The lowest BCUT2D eigenvalue weighted by Crippen LogP contribution is -2.14. The van der Waals surface area contributed by atoms with Crippen LogP contribution >= 0.6 is 0 Å². The number of nitrogens with one attached hydrogen (secondary N) is 1. The Bertz CT molecular complexity index is 599. The number of anilines is 1. The number of rotatable bonds is 2. The molecular weight excluding hydrogens is 243 g/mol. The van der Waals surface area contributed by atoms with E-state index in [2.05, 4.69) is 5.32 Å². The van der Waals surface area contributed by atoms with Crippen LogP contribution < -0.4 is 5.32 Å². The third-order valence-electron chi connectivity index (χ3n) is 2.28. The molecule has 1 amide bonds. The first kappa shape index (κ1) is 12.2. The summed E-state index contributed by atoms with van der Waals surface area (Å²) in [7, 11) is 0. The second kappa shape index (κ2) is 4.91. The van der Waals surface area contributed by atoms with E-state index >= 15 is 0 Å². The fourth-order valence-electron chi connectivity index (χ4n) is 1.44. The number of hydrogen-bond donors (Lipinski definition) is 1. The molecule has 2 aromatic rings. The molecule has 1 N–H and O–H groups in total. The maximum Gasteiger partial charge on any atom is 0.258 e. The van der Waals surface area contributed by atoms with Crippen LogP contribution in [0.15, 0.2) is 42.5 Å². The number of benzene rings is 2. The molecule has 0 atom stereocenters. The van der Waals surface area contributed by atoms with Crippen molar-refractivity contribution in [3.63, 3.8) is 0 Å². The highest BCUT2D eigenvalue weighted by Gasteiger charge is 2.15. The molecule has 0 aliphatic carbocycles. The van der Waals surface area contributed by atoms with E-state index in [4.69, 9.17) is 0 Å². The van der Waals surface area contributed by atoms with Crippen LogP contribution in [0.4, 0.5) is 18.9 Å². The van der Waals surface area contributed by atoms with Gasteiger partial charge in [0.15, 0.2) is 11.6 Å². The molecule has 2 rings (SSSR count). The largest absolute Gasteiger partial charge is 0.322 e. The van der Waals surface area contributed by atoms with Gasteiger partial charge in [0.05, 0.1) is 5.56 Å². The minimum Gasteiger partial charge on any atom is -0.322 e. The second-order valence-corrected chi connectivity index (χ2v) is 3.57. The number of amides is 1. The van der Waals surface area contributed by atoms with E-state index in [1.165, 1.54) is 24.3 Å². The summed E-state index contributed by atoms with van der Waals surface area (Å²) in [4.78, 5) is 11.7. The summed E-state index contributed by atoms with van der Waals surface area (Å²) in [5.74, 6) is -3.71. The molecule has 0 aliphatic rings. The highest BCUT2D eigenvalue weighted by Crippen LogP contribution is 2.15. The summed E-state index contributed by atoms with van der Waals surface area (Å²) < 4.78 is 39.1. The average molecular weight is 251 g/mol. The average Bonchev–Trinajstić information content (AvgIpc) is 2.32. The monoisotopic (exact) mass is 251 g/mol. The Hall–Kier alpha value is -2.30. The molecule has 0 radical (unpaired) electrons. The third-order valence-corrected chi connectivity index (χ3v) is 2.28. The Morgan fingerprint density at radius 2 is 1.72 bits per heavy atom. The first-order valence-corrected chi connectivity index (χ1v) is 5.09. The number of carbonyl (C=O) groups excluding carboxylic acids is 1. The van der Waals surface area contributed by atoms with E-state index in [9.17, 15) is 18.0 Å². The van der Waals surface area contributed by atoms with Crippen molar-refractivity contribution in [2.24, 2.45) is 0 Å². The van der Waals surface area contributed by atoms with Gasteiger partial charge < -0.3 is 5.32 Å². The van der Waals surface area contributed by atoms with E-state index in [1.807, 2.05) is 0 Å². The van der Waals surface area contributed by atoms with Gasteiger partial charge in [0.2, 0.25) is 0 Å². The zero-order chi connectivity index (χ0) is 13.1. The van der Waals surface area contributed by atoms with E-state index < -0.39 is 28.9 Å². The predicted octanol–water partition coefficient (Wildman–Crippen LogP) is 3.36. The van der Waals surface area contributed by atoms with Crippen LogP contribution in [0.25, 0.3) is 0 Å². The Morgan fingerprint density at radius 1 is 1.00 bits per heavy atom. The van der Waals surface area contributed by atoms with Gasteiger partial charge in [-0.15, -0.1) is 0 Å². The van der Waals surface area contributed by atoms with Crippen molar-refractivity contribution in [3.8, 4) is 0 Å². The highest BCUT2D eigenvalue weighted by atomic mass is 19.2. The van der Waals surface area contributed by atoms with Gasteiger partial charge in [0, 0.05) is 5.69 Å². The van der Waals surface area contributed by atoms with Crippen molar-refractivity contribution in [2.75, 3.05) is 5.32 Å². The van der Waals surface area contributed by atoms with Gasteiger partial charge in [-0.25, -0.2) is 13.2 Å². The first-order valence-electron chi connectivity index (χ1n) is 5.09. The molecular formula is C13H8F3NO. The lowest BCUT2D eigenvalue weighted by molar-refractivity contribution is 0.102. The predicted molar refractivity (Wildman–Crippen MR) is 60.7 cm³/mol. The normalized spacial score (nSPS) is 10.2. The van der Waals surface area contributed by atoms with Crippen LogP contribution in [-0.4, -0.2) is 5.91 Å². The molecule has 0 saturated heterocycles. The SMILES string of the molecule is O=C(Nc1cccc(F)c1)c1cccc(F)c1F. The van der Waals surface area contributed by atoms with Crippen LogP contribution in [0.2, 0.25) is 0 Å². The van der Waals surface area contributed by atoms with E-state index in [-0.39, 0.29) is 5.69 Å². The lowest BCUT2D eigenvalue weighted by Gasteiger charge is -2.06. The highest BCUT2D eigenvalue weighted by molar-refractivity contribution is 6.04. The van der Waals surface area contributed by atoms with Crippen LogP contribution in [0.3, 0.4) is 0 Å². The third kappa shape index (κ3) is 2.51. The molecule has 0 heterocycles. The van der Waals surface area contributed by atoms with Gasteiger partial charge in [-0.1, -0.05) is 12.1 Å². The van der Waals surface area contributed by atoms with Crippen LogP contribution in [0.5, 0.6) is 0 Å². The molecule has 0 unspecified atom stereocenters. The van der Waals surface area contributed by atoms with Gasteiger partial charge >= 0.3 is 0 Å². The Morgan fingerprint density at radius 3 is 2.44 bits per heavy atom. The quantitative estimate of drug-likeness (QED) is 0.871. The molecule has 0 spiro atoms. The Kier molecular flexibility index (Phi) is 3.32. The van der Waals surface area contributed by atoms with Crippen molar-refractivity contribution in [3.05, 3.63) is 65.5 Å². The zero-order valence-electron chi connectivity index (χ0n) is 9.08. The molecule has 0 saturated carbocycles. The van der Waals surface area contributed by atoms with Crippen molar-refractivity contribution >= 4 is 11.6 Å². The van der Waals surface area contributed by atoms with Gasteiger partial charge in [0.25, 0.3) is 5.91 Å². The zero-order valence-corrected chi connectivity index (χ0v) is 9.08. The van der Waals surface area contributed by atoms with Crippen molar-refractivity contribution in [1.29, 1.82) is 0 Å². The van der Waals surface area contributed by atoms with Crippen LogP contribution in [-0.2, 0) is 0 Å². The van der Waals surface area contributed by atoms with Gasteiger partial charge in [-0.3, -0.25) is 4.79 Å². The standard InChI is InChI=1S/C13H8F3NO/c14-8-3-1-4-9(7-8)17-13(18)10-5-2-6-11(15)12(10)16/h1-7H,(H,17,18). The number of halogens is 3. The van der Waals surface area contributed by atoms with E-state index in [1.54, 1.807) is 0 Å². The summed E-state index contributed by atoms with van der Waals surface area (Å²) in [6.45, 7) is 0. The summed E-state index contributed by atoms with van der Waals surface area (Å²) in [5, 5.41) is 2.28. The van der Waals surface area contributed by atoms with Gasteiger partial charge in [0.1, 0.15) is 5.82 Å². The van der Waals surface area contributed by atoms with Crippen molar-refractivity contribution < 1.29 is 18.0 Å². The second-order valence-electron chi connectivity index (χ2n) is 3.57. The fraction of sp³-hybridized carbons (Fsp3) is 0. The first-order chi connectivity index (χ1) is 8.58. The van der Waals surface area contributed by atoms with E-state index in [0.29, 0.717) is 0 Å². The van der Waals surface area contributed by atoms with Gasteiger partial charge in [-0.05, 0) is 30.3 Å². The summed E-state index contributed by atoms with van der Waals surface area (Å²) in [6.07, 6.45) is 0. The Balaban J connectivity index is 2.25. The van der Waals surface area contributed by atoms with Crippen LogP contribution in [0, 0.1) is 17.5 Å². The molecule has 5 heteroatoms. The minimum atomic E-state index is -1.23. The molecule has 2 aromatic carbocycles. The maximum atomic E-state index is 13.3. The summed E-state index contributed by atoms with van der Waals surface area (Å²) in [6, 6.07) is 8.40. The van der Waals surface area contributed by atoms with Crippen molar-refractivity contribution in [1.82, 2.24) is 0 Å². The van der Waals surface area contributed by atoms with Crippen LogP contribution in [0.1, 0.15) is 10.4 Å². The summed E-state index contributed by atoms with van der Waals surface area (Å²) >= 11 is 0. The van der Waals surface area contributed by atoms with Crippen molar-refractivity contribution in [2.45, 2.75) is 0 Å². The number of carbonyl (C=O) groups is 1. The topological polar surface area (TPSA) is 29.1 Å². The molecule has 92 valence electrons. The maximum absolute atomic E-state index is 13.3. The Labute approximate surface area is 101 Å². The molecule has 18 heavy (non-hydrogen) atoms. The molecule has 0 aromatic heterocycles. The molecule has 0 bridgehead atoms. The van der Waals surface area contributed by atoms with E-state index in [0.717, 1.165) is 18.2 Å². The minimum absolute atomic E-state index is 0.170. The molecule has 2 nitrogen and oxygen atoms in total. The molecule has 0 aliphatic heterocycles.